The van der Waals surface area contributed by atoms with Crippen LogP contribution in [0.25, 0.3) is 0 Å². The zero-order chi connectivity index (χ0) is 14.2. The summed E-state index contributed by atoms with van der Waals surface area (Å²) in [7, 11) is 0. The highest BCUT2D eigenvalue weighted by atomic mass is 32.2. The molecular weight excluding hydrogens is 274 g/mol. The highest BCUT2D eigenvalue weighted by Crippen LogP contribution is 2.28. The number of thioether (sulfide) groups is 1. The van der Waals surface area contributed by atoms with E-state index in [1.54, 1.807) is 11.8 Å². The minimum absolute atomic E-state index is 0.117. The van der Waals surface area contributed by atoms with Gasteiger partial charge in [-0.3, -0.25) is 4.79 Å². The topological polar surface area (TPSA) is 72.7 Å². The summed E-state index contributed by atoms with van der Waals surface area (Å²) in [6, 6.07) is 0.470. The molecule has 2 rings (SSSR count). The number of aromatic nitrogens is 4. The van der Waals surface area contributed by atoms with Gasteiger partial charge in [0, 0.05) is 18.7 Å². The smallest absolute Gasteiger partial charge is 0.220 e. The van der Waals surface area contributed by atoms with E-state index >= 15 is 0 Å². The molecule has 6 nitrogen and oxygen atoms in total. The lowest BCUT2D eigenvalue weighted by Gasteiger charge is -2.22. The standard InChI is InChI=1S/C13H23N5OS/c1-2-14-13(19)8-9-20-10-12-15-16-17-18(12)11-6-4-3-5-7-11/h11H,2-10H2,1H3,(H,14,19). The van der Waals surface area contributed by atoms with Crippen LogP contribution in [0.1, 0.15) is 57.3 Å². The van der Waals surface area contributed by atoms with Gasteiger partial charge in [-0.25, -0.2) is 4.68 Å². The van der Waals surface area contributed by atoms with Crippen molar-refractivity contribution in [3.63, 3.8) is 0 Å². The van der Waals surface area contributed by atoms with E-state index in [-0.39, 0.29) is 5.91 Å². The van der Waals surface area contributed by atoms with E-state index in [0.717, 1.165) is 17.3 Å². The van der Waals surface area contributed by atoms with Gasteiger partial charge in [0.2, 0.25) is 5.91 Å². The molecule has 20 heavy (non-hydrogen) atoms. The van der Waals surface area contributed by atoms with Gasteiger partial charge in [-0.2, -0.15) is 11.8 Å². The van der Waals surface area contributed by atoms with Crippen molar-refractivity contribution in [2.45, 2.75) is 57.2 Å². The van der Waals surface area contributed by atoms with E-state index in [4.69, 9.17) is 0 Å². The highest BCUT2D eigenvalue weighted by molar-refractivity contribution is 7.98. The zero-order valence-electron chi connectivity index (χ0n) is 12.0. The first-order chi connectivity index (χ1) is 9.81. The van der Waals surface area contributed by atoms with E-state index in [1.165, 1.54) is 32.1 Å². The molecule has 1 aromatic heterocycles. The Kier molecular flexibility index (Phi) is 6.29. The van der Waals surface area contributed by atoms with Crippen molar-refractivity contribution in [1.29, 1.82) is 0 Å². The molecule has 0 saturated heterocycles. The van der Waals surface area contributed by atoms with Crippen LogP contribution >= 0.6 is 11.8 Å². The first-order valence-corrected chi connectivity index (χ1v) is 8.58. The lowest BCUT2D eigenvalue weighted by molar-refractivity contribution is -0.120. The van der Waals surface area contributed by atoms with Crippen LogP contribution in [0, 0.1) is 0 Å². The molecule has 1 amide bonds. The van der Waals surface area contributed by atoms with Gasteiger partial charge < -0.3 is 5.32 Å². The summed E-state index contributed by atoms with van der Waals surface area (Å²) >= 11 is 1.72. The van der Waals surface area contributed by atoms with Crippen molar-refractivity contribution in [2.24, 2.45) is 0 Å². The van der Waals surface area contributed by atoms with E-state index < -0.39 is 0 Å². The van der Waals surface area contributed by atoms with Gasteiger partial charge in [0.15, 0.2) is 5.82 Å². The van der Waals surface area contributed by atoms with Gasteiger partial charge in [0.05, 0.1) is 11.8 Å². The third-order valence-corrected chi connectivity index (χ3v) is 4.52. The molecule has 0 aromatic carbocycles. The SMILES string of the molecule is CCNC(=O)CCSCc1nnnn1C1CCCCC1. The molecule has 112 valence electrons. The van der Waals surface area contributed by atoms with Crippen LogP contribution in [0.3, 0.4) is 0 Å². The summed E-state index contributed by atoms with van der Waals surface area (Å²) in [4.78, 5) is 11.3. The van der Waals surface area contributed by atoms with E-state index in [0.29, 0.717) is 19.0 Å². The minimum atomic E-state index is 0.117. The van der Waals surface area contributed by atoms with Gasteiger partial charge in [-0.1, -0.05) is 19.3 Å². The van der Waals surface area contributed by atoms with Crippen LogP contribution in [-0.4, -0.2) is 38.4 Å². The van der Waals surface area contributed by atoms with Gasteiger partial charge in [0.1, 0.15) is 0 Å². The van der Waals surface area contributed by atoms with Crippen LogP contribution in [0.4, 0.5) is 0 Å². The Morgan fingerprint density at radius 3 is 2.95 bits per heavy atom. The van der Waals surface area contributed by atoms with Crippen molar-refractivity contribution in [3.8, 4) is 0 Å². The second kappa shape index (κ2) is 8.24. The predicted molar refractivity (Wildman–Crippen MR) is 79.4 cm³/mol. The molecule has 7 heteroatoms. The summed E-state index contributed by atoms with van der Waals surface area (Å²) in [5.74, 6) is 2.65. The molecule has 1 fully saturated rings. The fraction of sp³-hybridized carbons (Fsp3) is 0.846. The molecule has 1 N–H and O–H groups in total. The van der Waals surface area contributed by atoms with Crippen molar-refractivity contribution in [1.82, 2.24) is 25.5 Å². The molecule has 0 radical (unpaired) electrons. The fourth-order valence-corrected chi connectivity index (χ4v) is 3.38. The molecular formula is C13H23N5OS. The van der Waals surface area contributed by atoms with Crippen molar-refractivity contribution in [2.75, 3.05) is 12.3 Å². The second-order valence-electron chi connectivity index (χ2n) is 5.09. The first-order valence-electron chi connectivity index (χ1n) is 7.42. The molecule has 0 unspecified atom stereocenters. The average molecular weight is 297 g/mol. The number of hydrogen-bond donors (Lipinski definition) is 1. The molecule has 0 atom stereocenters. The molecule has 0 aliphatic heterocycles. The predicted octanol–water partition coefficient (Wildman–Crippen LogP) is 1.94. The third kappa shape index (κ3) is 4.47. The van der Waals surface area contributed by atoms with E-state index in [1.807, 2.05) is 11.6 Å². The molecule has 1 aromatic rings. The lowest BCUT2D eigenvalue weighted by atomic mass is 9.96. The minimum Gasteiger partial charge on any atom is -0.356 e. The van der Waals surface area contributed by atoms with Crippen molar-refractivity contribution >= 4 is 17.7 Å². The Morgan fingerprint density at radius 2 is 2.20 bits per heavy atom. The highest BCUT2D eigenvalue weighted by Gasteiger charge is 2.19. The molecule has 0 bridgehead atoms. The summed E-state index contributed by atoms with van der Waals surface area (Å²) in [6.45, 7) is 2.63. The fourth-order valence-electron chi connectivity index (χ4n) is 2.53. The van der Waals surface area contributed by atoms with Crippen molar-refractivity contribution < 1.29 is 4.79 Å². The number of nitrogens with one attached hydrogen (secondary N) is 1. The van der Waals surface area contributed by atoms with Crippen LogP contribution in [0.15, 0.2) is 0 Å². The maximum Gasteiger partial charge on any atom is 0.220 e. The number of rotatable bonds is 7. The summed E-state index contributed by atoms with van der Waals surface area (Å²) in [6.07, 6.45) is 6.80. The maximum absolute atomic E-state index is 11.3. The molecule has 1 heterocycles. The molecule has 1 saturated carbocycles. The number of nitrogens with zero attached hydrogens (tertiary/aromatic N) is 4. The number of carbonyl (C=O) groups excluding carboxylic acids is 1. The van der Waals surface area contributed by atoms with Gasteiger partial charge in [0.25, 0.3) is 0 Å². The van der Waals surface area contributed by atoms with Crippen LogP contribution in [-0.2, 0) is 10.5 Å². The van der Waals surface area contributed by atoms with Crippen molar-refractivity contribution in [3.05, 3.63) is 5.82 Å². The van der Waals surface area contributed by atoms with Crippen LogP contribution < -0.4 is 5.32 Å². The van der Waals surface area contributed by atoms with Crippen LogP contribution in [0.2, 0.25) is 0 Å². The number of carbonyl (C=O) groups is 1. The molecule has 1 aliphatic rings. The number of amides is 1. The Morgan fingerprint density at radius 1 is 1.40 bits per heavy atom. The van der Waals surface area contributed by atoms with E-state index in [9.17, 15) is 4.79 Å². The largest absolute Gasteiger partial charge is 0.356 e. The lowest BCUT2D eigenvalue weighted by Crippen LogP contribution is -2.22. The average Bonchev–Trinajstić information content (AvgIpc) is 2.93. The Balaban J connectivity index is 1.76. The molecule has 0 spiro atoms. The summed E-state index contributed by atoms with van der Waals surface area (Å²) in [5.41, 5.74) is 0. The second-order valence-corrected chi connectivity index (χ2v) is 6.19. The number of tetrazole rings is 1. The zero-order valence-corrected chi connectivity index (χ0v) is 12.9. The van der Waals surface area contributed by atoms with Gasteiger partial charge in [-0.15, -0.1) is 5.10 Å². The Hall–Kier alpha value is -1.11. The number of hydrogen-bond acceptors (Lipinski definition) is 5. The first kappa shape index (κ1) is 15.3. The van der Waals surface area contributed by atoms with Gasteiger partial charge >= 0.3 is 0 Å². The Labute approximate surface area is 124 Å². The summed E-state index contributed by atoms with van der Waals surface area (Å²) < 4.78 is 2.00. The quantitative estimate of drug-likeness (QED) is 0.779. The van der Waals surface area contributed by atoms with Gasteiger partial charge in [-0.05, 0) is 30.2 Å². The Bertz CT molecular complexity index is 417. The monoisotopic (exact) mass is 297 g/mol. The maximum atomic E-state index is 11.3. The summed E-state index contributed by atoms with van der Waals surface area (Å²) in [5, 5.41) is 14.9. The normalized spacial score (nSPS) is 16.2. The molecule has 1 aliphatic carbocycles. The van der Waals surface area contributed by atoms with E-state index in [2.05, 4.69) is 20.8 Å². The van der Waals surface area contributed by atoms with Crippen LogP contribution in [0.5, 0.6) is 0 Å². The third-order valence-electron chi connectivity index (χ3n) is 3.56.